The molecule has 3 heterocycles. The molecule has 0 aliphatic heterocycles. The molecule has 146 valence electrons. The summed E-state index contributed by atoms with van der Waals surface area (Å²) in [5.74, 6) is -0.403. The molecule has 0 aliphatic rings. The highest BCUT2D eigenvalue weighted by Gasteiger charge is 2.22. The van der Waals surface area contributed by atoms with Gasteiger partial charge in [0.25, 0.3) is 5.56 Å². The van der Waals surface area contributed by atoms with Crippen LogP contribution in [0.25, 0.3) is 16.3 Å². The Balaban J connectivity index is 1.83. The summed E-state index contributed by atoms with van der Waals surface area (Å²) < 4.78 is 15.4. The van der Waals surface area contributed by atoms with Gasteiger partial charge >= 0.3 is 11.9 Å². The van der Waals surface area contributed by atoms with Gasteiger partial charge in [-0.3, -0.25) is 4.79 Å². The number of nitrogens with zero attached hydrogens (tertiary/aromatic N) is 1. The highest BCUT2D eigenvalue weighted by Crippen LogP contribution is 2.28. The highest BCUT2D eigenvalue weighted by atomic mass is 32.1. The molecule has 8 nitrogen and oxygen atoms in total. The van der Waals surface area contributed by atoms with Gasteiger partial charge < -0.3 is 18.9 Å². The molecule has 3 aromatic rings. The molecule has 0 radical (unpaired) electrons. The number of carbonyl (C=O) groups excluding carboxylic acids is 2. The van der Waals surface area contributed by atoms with Crippen molar-refractivity contribution in [2.24, 2.45) is 0 Å². The largest absolute Gasteiger partial charge is 0.465 e. The van der Waals surface area contributed by atoms with Crippen LogP contribution in [0.1, 0.15) is 46.8 Å². The minimum atomic E-state index is -0.792. The summed E-state index contributed by atoms with van der Waals surface area (Å²) in [6.45, 7) is 5.21. The van der Waals surface area contributed by atoms with Crippen molar-refractivity contribution in [1.29, 1.82) is 0 Å². The van der Waals surface area contributed by atoms with Crippen LogP contribution in [-0.4, -0.2) is 28.5 Å². The lowest BCUT2D eigenvalue weighted by Crippen LogP contribution is -2.16. The summed E-state index contributed by atoms with van der Waals surface area (Å²) in [5.41, 5.74) is 0.114. The van der Waals surface area contributed by atoms with Crippen LogP contribution in [0.15, 0.2) is 33.7 Å². The first-order chi connectivity index (χ1) is 13.4. The third-order valence-electron chi connectivity index (χ3n) is 3.88. The van der Waals surface area contributed by atoms with Crippen LogP contribution < -0.4 is 5.56 Å². The molecule has 0 saturated heterocycles. The average molecular weight is 402 g/mol. The third-order valence-corrected chi connectivity index (χ3v) is 5.05. The summed E-state index contributed by atoms with van der Waals surface area (Å²) in [6, 6.07) is 3.39. The van der Waals surface area contributed by atoms with Crippen LogP contribution in [0.4, 0.5) is 0 Å². The van der Waals surface area contributed by atoms with Gasteiger partial charge in [-0.25, -0.2) is 14.6 Å². The Hall–Kier alpha value is -3.20. The predicted molar refractivity (Wildman–Crippen MR) is 103 cm³/mol. The second kappa shape index (κ2) is 8.22. The number of nitrogens with one attached hydrogen (secondary N) is 1. The molecule has 0 amide bonds. The van der Waals surface area contributed by atoms with E-state index in [1.165, 1.54) is 18.4 Å². The molecule has 0 saturated carbocycles. The van der Waals surface area contributed by atoms with Crippen molar-refractivity contribution >= 4 is 39.6 Å². The molecule has 28 heavy (non-hydrogen) atoms. The summed E-state index contributed by atoms with van der Waals surface area (Å²) in [5, 5.41) is 0.327. The fourth-order valence-corrected chi connectivity index (χ4v) is 3.63. The molecule has 0 fully saturated rings. The van der Waals surface area contributed by atoms with E-state index in [-0.39, 0.29) is 12.4 Å². The molecule has 1 N–H and O–H groups in total. The van der Waals surface area contributed by atoms with Crippen LogP contribution in [-0.2, 0) is 14.3 Å². The van der Waals surface area contributed by atoms with E-state index in [0.29, 0.717) is 26.4 Å². The van der Waals surface area contributed by atoms with Gasteiger partial charge in [0.2, 0.25) is 0 Å². The topological polar surface area (TPSA) is 111 Å². The molecule has 0 aromatic carbocycles. The first-order valence-corrected chi connectivity index (χ1v) is 9.35. The lowest BCUT2D eigenvalue weighted by molar-refractivity contribution is -0.142. The zero-order valence-corrected chi connectivity index (χ0v) is 16.3. The number of aromatic nitrogens is 2. The number of hydrogen-bond donors (Lipinski definition) is 1. The van der Waals surface area contributed by atoms with Crippen molar-refractivity contribution in [1.82, 2.24) is 9.97 Å². The van der Waals surface area contributed by atoms with E-state index in [4.69, 9.17) is 13.9 Å². The Bertz CT molecular complexity index is 1090. The minimum absolute atomic E-state index is 0.189. The number of carbonyl (C=O) groups is 2. The lowest BCUT2D eigenvalue weighted by atomic mass is 10.2. The van der Waals surface area contributed by atoms with Crippen LogP contribution in [0.3, 0.4) is 0 Å². The second-order valence-electron chi connectivity index (χ2n) is 5.84. The number of esters is 2. The van der Waals surface area contributed by atoms with Crippen molar-refractivity contribution in [2.75, 3.05) is 6.61 Å². The van der Waals surface area contributed by atoms with Crippen LogP contribution in [0.5, 0.6) is 0 Å². The maximum atomic E-state index is 12.5. The molecule has 1 atom stereocenters. The molecular formula is C19H18N2O6S. The Morgan fingerprint density at radius 2 is 2.21 bits per heavy atom. The Kier molecular flexibility index (Phi) is 5.74. The van der Waals surface area contributed by atoms with E-state index >= 15 is 0 Å². The first-order valence-electron chi connectivity index (χ1n) is 8.53. The fourth-order valence-electron chi connectivity index (χ4n) is 2.55. The van der Waals surface area contributed by atoms with Gasteiger partial charge in [0.15, 0.2) is 11.9 Å². The van der Waals surface area contributed by atoms with Crippen molar-refractivity contribution in [3.8, 4) is 0 Å². The number of aryl methyl sites for hydroxylation is 1. The first kappa shape index (κ1) is 19.6. The highest BCUT2D eigenvalue weighted by molar-refractivity contribution is 7.20. The number of rotatable bonds is 6. The van der Waals surface area contributed by atoms with Gasteiger partial charge in [0, 0.05) is 6.08 Å². The minimum Gasteiger partial charge on any atom is -0.465 e. The molecule has 9 heteroatoms. The lowest BCUT2D eigenvalue weighted by Gasteiger charge is -2.10. The van der Waals surface area contributed by atoms with Gasteiger partial charge in [-0.05, 0) is 44.5 Å². The van der Waals surface area contributed by atoms with Crippen LogP contribution in [0, 0.1) is 6.92 Å². The van der Waals surface area contributed by atoms with Crippen LogP contribution >= 0.6 is 11.3 Å². The number of furan rings is 1. The smallest absolute Gasteiger partial charge is 0.348 e. The molecule has 3 rings (SSSR count). The van der Waals surface area contributed by atoms with Gasteiger partial charge in [-0.15, -0.1) is 11.3 Å². The second-order valence-corrected chi connectivity index (χ2v) is 6.83. The SMILES string of the molecule is CCOC(=O)c1sc2nc([C@@H](C)OC(=O)/C=C/c3ccco3)[nH]c(=O)c2c1C. The van der Waals surface area contributed by atoms with Gasteiger partial charge in [0.1, 0.15) is 15.5 Å². The van der Waals surface area contributed by atoms with Gasteiger partial charge in [-0.1, -0.05) is 0 Å². The van der Waals surface area contributed by atoms with Crippen molar-refractivity contribution in [3.05, 3.63) is 56.9 Å². The summed E-state index contributed by atoms with van der Waals surface area (Å²) in [6.07, 6.45) is 3.40. The Morgan fingerprint density at radius 1 is 1.43 bits per heavy atom. The van der Waals surface area contributed by atoms with E-state index in [9.17, 15) is 14.4 Å². The van der Waals surface area contributed by atoms with E-state index < -0.39 is 23.6 Å². The van der Waals surface area contributed by atoms with Crippen molar-refractivity contribution in [2.45, 2.75) is 26.9 Å². The maximum Gasteiger partial charge on any atom is 0.348 e. The monoisotopic (exact) mass is 402 g/mol. The van der Waals surface area contributed by atoms with E-state index in [2.05, 4.69) is 9.97 Å². The number of hydrogen-bond acceptors (Lipinski definition) is 8. The van der Waals surface area contributed by atoms with Crippen molar-refractivity contribution in [3.63, 3.8) is 0 Å². The summed E-state index contributed by atoms with van der Waals surface area (Å²) in [4.78, 5) is 44.2. The van der Waals surface area contributed by atoms with E-state index in [0.717, 1.165) is 11.3 Å². The molecule has 0 bridgehead atoms. The standard InChI is InChI=1S/C19H18N2O6S/c1-4-25-19(24)15-10(2)14-17(23)20-16(21-18(14)28-15)11(3)27-13(22)8-7-12-6-5-9-26-12/h5-9,11H,4H2,1-3H3,(H,20,21,23)/b8-7+/t11-/m1/s1. The van der Waals surface area contributed by atoms with Crippen LogP contribution in [0.2, 0.25) is 0 Å². The van der Waals surface area contributed by atoms with Crippen molar-refractivity contribution < 1.29 is 23.5 Å². The van der Waals surface area contributed by atoms with E-state index in [1.54, 1.807) is 32.9 Å². The summed E-state index contributed by atoms with van der Waals surface area (Å²) in [7, 11) is 0. The maximum absolute atomic E-state index is 12.5. The van der Waals surface area contributed by atoms with Gasteiger partial charge in [0.05, 0.1) is 18.3 Å². The molecule has 0 spiro atoms. The summed E-state index contributed by atoms with van der Waals surface area (Å²) >= 11 is 1.07. The number of fused-ring (bicyclic) bond motifs is 1. The zero-order chi connectivity index (χ0) is 20.3. The average Bonchev–Trinajstić information content (AvgIpc) is 3.28. The Labute approximate surface area is 163 Å². The zero-order valence-electron chi connectivity index (χ0n) is 15.5. The van der Waals surface area contributed by atoms with E-state index in [1.807, 2.05) is 0 Å². The Morgan fingerprint density at radius 3 is 2.89 bits per heavy atom. The predicted octanol–water partition coefficient (Wildman–Crippen LogP) is 3.38. The molecule has 3 aromatic heterocycles. The molecule has 0 unspecified atom stereocenters. The third kappa shape index (κ3) is 4.04. The number of ether oxygens (including phenoxy) is 2. The normalized spacial score (nSPS) is 12.4. The molecular weight excluding hydrogens is 384 g/mol. The van der Waals surface area contributed by atoms with Gasteiger partial charge in [-0.2, -0.15) is 0 Å². The number of thiophene rings is 1. The quantitative estimate of drug-likeness (QED) is 0.497. The molecule has 0 aliphatic carbocycles. The number of H-pyrrole nitrogens is 1. The number of aromatic amines is 1. The fraction of sp³-hybridized carbons (Fsp3) is 0.263.